The smallest absolute Gasteiger partial charge is 0.306 e. The zero-order chi connectivity index (χ0) is 17.4. The van der Waals surface area contributed by atoms with E-state index in [0.717, 1.165) is 51.9 Å². The number of carbonyl (C=O) groups excluding carboxylic acids is 2. The van der Waals surface area contributed by atoms with Gasteiger partial charge in [0.2, 0.25) is 0 Å². The third-order valence-corrected chi connectivity index (χ3v) is 4.77. The first-order valence-electron chi connectivity index (χ1n) is 9.29. The van der Waals surface area contributed by atoms with Gasteiger partial charge in [0, 0.05) is 25.9 Å². The zero-order valence-electron chi connectivity index (χ0n) is 15.6. The van der Waals surface area contributed by atoms with E-state index in [1.807, 2.05) is 0 Å². The van der Waals surface area contributed by atoms with Crippen molar-refractivity contribution in [2.45, 2.75) is 63.6 Å². The number of hydrogen-bond donors (Lipinski definition) is 0. The van der Waals surface area contributed by atoms with Crippen LogP contribution < -0.4 is 0 Å². The van der Waals surface area contributed by atoms with Gasteiger partial charge in [0.05, 0.1) is 0 Å². The number of hydrogen-bond acceptors (Lipinski definition) is 6. The molecule has 6 nitrogen and oxygen atoms in total. The third kappa shape index (κ3) is 8.88. The quantitative estimate of drug-likeness (QED) is 0.501. The number of piperidine rings is 2. The molecular formula is C18H33ClN2O4. The van der Waals surface area contributed by atoms with Gasteiger partial charge in [0.25, 0.3) is 0 Å². The molecule has 7 heteroatoms. The van der Waals surface area contributed by atoms with Crippen LogP contribution in [0.1, 0.15) is 51.4 Å². The predicted molar refractivity (Wildman–Crippen MR) is 98.9 cm³/mol. The largest absolute Gasteiger partial charge is 0.461 e. The molecule has 0 amide bonds. The molecule has 0 N–H and O–H groups in total. The molecule has 2 rings (SSSR count). The average molecular weight is 377 g/mol. The molecule has 0 bridgehead atoms. The van der Waals surface area contributed by atoms with Crippen molar-refractivity contribution in [1.29, 1.82) is 0 Å². The van der Waals surface area contributed by atoms with E-state index in [1.165, 1.54) is 0 Å². The topological polar surface area (TPSA) is 59.1 Å². The average Bonchev–Trinajstić information content (AvgIpc) is 2.51. The molecule has 2 heterocycles. The number of likely N-dealkylation sites (N-methyl/N-ethyl adjacent to an activating group) is 2. The number of halogens is 1. The number of esters is 2. The molecule has 2 unspecified atom stereocenters. The molecule has 2 atom stereocenters. The van der Waals surface area contributed by atoms with Gasteiger partial charge in [0.15, 0.2) is 0 Å². The molecule has 2 fully saturated rings. The Balaban J connectivity index is 0.00000312. The Morgan fingerprint density at radius 1 is 0.840 bits per heavy atom. The normalized spacial score (nSPS) is 25.0. The van der Waals surface area contributed by atoms with Gasteiger partial charge in [-0.3, -0.25) is 9.59 Å². The van der Waals surface area contributed by atoms with Crippen molar-refractivity contribution in [2.75, 3.05) is 40.3 Å². The van der Waals surface area contributed by atoms with E-state index in [2.05, 4.69) is 23.9 Å². The molecule has 0 saturated carbocycles. The summed E-state index contributed by atoms with van der Waals surface area (Å²) in [5.41, 5.74) is 0. The van der Waals surface area contributed by atoms with Crippen molar-refractivity contribution in [3.05, 3.63) is 0 Å². The summed E-state index contributed by atoms with van der Waals surface area (Å²) in [6.07, 6.45) is 6.28. The van der Waals surface area contributed by atoms with Crippen LogP contribution in [0.3, 0.4) is 0 Å². The second kappa shape index (κ2) is 11.7. The van der Waals surface area contributed by atoms with E-state index in [1.54, 1.807) is 0 Å². The van der Waals surface area contributed by atoms with E-state index < -0.39 is 0 Å². The first-order chi connectivity index (χ1) is 11.5. The molecule has 2 aliphatic heterocycles. The first kappa shape index (κ1) is 22.2. The number of carbonyl (C=O) groups is 2. The van der Waals surface area contributed by atoms with Gasteiger partial charge >= 0.3 is 11.9 Å². The molecule has 2 aliphatic rings. The van der Waals surface area contributed by atoms with Crippen LogP contribution in [0.2, 0.25) is 0 Å². The number of rotatable bonds is 7. The Bertz CT molecular complexity index is 384. The Hall–Kier alpha value is -0.850. The molecule has 0 aromatic rings. The summed E-state index contributed by atoms with van der Waals surface area (Å²) in [6, 6.07) is 0. The van der Waals surface area contributed by atoms with Crippen LogP contribution in [-0.2, 0) is 19.1 Å². The second-order valence-electron chi connectivity index (χ2n) is 7.24. The Morgan fingerprint density at radius 2 is 1.24 bits per heavy atom. The maximum Gasteiger partial charge on any atom is 0.306 e. The van der Waals surface area contributed by atoms with E-state index in [9.17, 15) is 9.59 Å². The number of ether oxygens (including phenoxy) is 2. The third-order valence-electron chi connectivity index (χ3n) is 4.77. The van der Waals surface area contributed by atoms with Crippen molar-refractivity contribution in [2.24, 2.45) is 0 Å². The fraction of sp³-hybridized carbons (Fsp3) is 0.889. The van der Waals surface area contributed by atoms with Gasteiger partial charge in [-0.2, -0.15) is 0 Å². The maximum atomic E-state index is 11.9. The minimum atomic E-state index is -0.141. The number of likely N-dealkylation sites (tertiary alicyclic amines) is 2. The Labute approximate surface area is 157 Å². The lowest BCUT2D eigenvalue weighted by atomic mass is 10.1. The highest BCUT2D eigenvalue weighted by Crippen LogP contribution is 2.15. The maximum absolute atomic E-state index is 11.9. The van der Waals surface area contributed by atoms with Crippen molar-refractivity contribution in [1.82, 2.24) is 9.80 Å². The fourth-order valence-electron chi connectivity index (χ4n) is 3.46. The fourth-order valence-corrected chi connectivity index (χ4v) is 3.46. The molecule has 0 aliphatic carbocycles. The van der Waals surface area contributed by atoms with Gasteiger partial charge in [-0.05, 0) is 65.7 Å². The van der Waals surface area contributed by atoms with Crippen molar-refractivity contribution < 1.29 is 19.1 Å². The lowest BCUT2D eigenvalue weighted by Gasteiger charge is -2.29. The molecule has 146 valence electrons. The highest BCUT2D eigenvalue weighted by molar-refractivity contribution is 5.85. The van der Waals surface area contributed by atoms with Crippen LogP contribution in [0.25, 0.3) is 0 Å². The van der Waals surface area contributed by atoms with Crippen molar-refractivity contribution in [3.8, 4) is 0 Å². The van der Waals surface area contributed by atoms with Crippen molar-refractivity contribution >= 4 is 24.3 Å². The van der Waals surface area contributed by atoms with E-state index in [-0.39, 0.29) is 36.6 Å². The van der Waals surface area contributed by atoms with Crippen molar-refractivity contribution in [3.63, 3.8) is 0 Å². The van der Waals surface area contributed by atoms with E-state index >= 15 is 0 Å². The Kier molecular flexibility index (Phi) is 10.4. The molecule has 2 saturated heterocycles. The summed E-state index contributed by atoms with van der Waals surface area (Å²) in [4.78, 5) is 28.1. The highest BCUT2D eigenvalue weighted by Gasteiger charge is 2.22. The van der Waals surface area contributed by atoms with Crippen LogP contribution in [0.4, 0.5) is 0 Å². The summed E-state index contributed by atoms with van der Waals surface area (Å²) in [5.74, 6) is -0.282. The predicted octanol–water partition coefficient (Wildman–Crippen LogP) is 2.24. The van der Waals surface area contributed by atoms with Crippen LogP contribution in [0.15, 0.2) is 0 Å². The zero-order valence-corrected chi connectivity index (χ0v) is 16.4. The number of unbranched alkanes of at least 4 members (excludes halogenated alkanes) is 1. The first-order valence-corrected chi connectivity index (χ1v) is 9.29. The second-order valence-corrected chi connectivity index (χ2v) is 7.24. The molecular weight excluding hydrogens is 344 g/mol. The molecule has 0 radical (unpaired) electrons. The van der Waals surface area contributed by atoms with Gasteiger partial charge in [-0.15, -0.1) is 12.4 Å². The molecule has 25 heavy (non-hydrogen) atoms. The lowest BCUT2D eigenvalue weighted by molar-refractivity contribution is -0.153. The van der Waals surface area contributed by atoms with Gasteiger partial charge in [0.1, 0.15) is 12.2 Å². The minimum Gasteiger partial charge on any atom is -0.461 e. The van der Waals surface area contributed by atoms with Crippen LogP contribution in [-0.4, -0.2) is 74.2 Å². The number of nitrogens with zero attached hydrogens (tertiary/aromatic N) is 2. The standard InChI is InChI=1S/C18H32N2O4.ClH/c1-19-11-5-7-15(13-19)23-17(21)9-3-4-10-18(22)24-16-8-6-12-20(2)14-16;/h15-16H,3-14H2,1-2H3;1H. The molecule has 0 aromatic carbocycles. The van der Waals surface area contributed by atoms with Crippen LogP contribution in [0.5, 0.6) is 0 Å². The molecule has 0 spiro atoms. The van der Waals surface area contributed by atoms with Gasteiger partial charge in [-0.25, -0.2) is 0 Å². The minimum absolute atomic E-state index is 0. The van der Waals surface area contributed by atoms with Gasteiger partial charge in [-0.1, -0.05) is 0 Å². The highest BCUT2D eigenvalue weighted by atomic mass is 35.5. The van der Waals surface area contributed by atoms with Crippen LogP contribution >= 0.6 is 12.4 Å². The monoisotopic (exact) mass is 376 g/mol. The summed E-state index contributed by atoms with van der Waals surface area (Å²) < 4.78 is 11.0. The lowest BCUT2D eigenvalue weighted by Crippen LogP contribution is -2.38. The van der Waals surface area contributed by atoms with Crippen LogP contribution in [0, 0.1) is 0 Å². The van der Waals surface area contributed by atoms with Gasteiger partial charge < -0.3 is 19.3 Å². The Morgan fingerprint density at radius 3 is 1.60 bits per heavy atom. The summed E-state index contributed by atoms with van der Waals surface area (Å²) in [7, 11) is 4.10. The molecule has 0 aromatic heterocycles. The van der Waals surface area contributed by atoms with E-state index in [0.29, 0.717) is 25.7 Å². The summed E-state index contributed by atoms with van der Waals surface area (Å²) in [5, 5.41) is 0. The summed E-state index contributed by atoms with van der Waals surface area (Å²) in [6.45, 7) is 3.81. The van der Waals surface area contributed by atoms with E-state index in [4.69, 9.17) is 9.47 Å². The SMILES string of the molecule is CN1CCCC(OC(=O)CCCCC(=O)OC2CCCN(C)C2)C1.Cl. The summed E-state index contributed by atoms with van der Waals surface area (Å²) >= 11 is 0.